The molecule has 0 N–H and O–H groups in total. The van der Waals surface area contributed by atoms with E-state index < -0.39 is 0 Å². The molecule has 0 spiro atoms. The molecule has 0 radical (unpaired) electrons. The van der Waals surface area contributed by atoms with Gasteiger partial charge < -0.3 is 4.90 Å². The summed E-state index contributed by atoms with van der Waals surface area (Å²) in [6.07, 6.45) is 4.28. The average Bonchev–Trinajstić information content (AvgIpc) is 2.62. The van der Waals surface area contributed by atoms with E-state index in [1.54, 1.807) is 0 Å². The third-order valence-electron chi connectivity index (χ3n) is 4.45. The second kappa shape index (κ2) is 7.32. The molecule has 1 aliphatic rings. The van der Waals surface area contributed by atoms with Gasteiger partial charge in [0.2, 0.25) is 0 Å². The fourth-order valence-corrected chi connectivity index (χ4v) is 3.13. The number of benzene rings is 2. The molecule has 23 heavy (non-hydrogen) atoms. The molecule has 0 bridgehead atoms. The summed E-state index contributed by atoms with van der Waals surface area (Å²) in [5.74, 6) is 0. The van der Waals surface area contributed by atoms with Crippen molar-refractivity contribution in [2.75, 3.05) is 29.5 Å². The predicted molar refractivity (Wildman–Crippen MR) is 99.7 cm³/mol. The maximum absolute atomic E-state index is 4.70. The Hall–Kier alpha value is -2.29. The molecule has 0 fully saturated rings. The molecular weight excluding hydrogens is 282 g/mol. The van der Waals surface area contributed by atoms with Crippen LogP contribution in [0.15, 0.2) is 53.6 Å². The first-order valence-corrected chi connectivity index (χ1v) is 8.56. The van der Waals surface area contributed by atoms with Crippen LogP contribution in [-0.4, -0.2) is 25.8 Å². The first kappa shape index (κ1) is 15.6. The summed E-state index contributed by atoms with van der Waals surface area (Å²) in [5.41, 5.74) is 5.06. The van der Waals surface area contributed by atoms with E-state index in [4.69, 9.17) is 5.10 Å². The summed E-state index contributed by atoms with van der Waals surface area (Å²) in [6, 6.07) is 17.2. The Morgan fingerprint density at radius 3 is 2.52 bits per heavy atom. The van der Waals surface area contributed by atoms with Crippen LogP contribution in [0.1, 0.15) is 31.4 Å². The summed E-state index contributed by atoms with van der Waals surface area (Å²) >= 11 is 0. The molecule has 120 valence electrons. The minimum Gasteiger partial charge on any atom is -0.372 e. The highest BCUT2D eigenvalue weighted by atomic mass is 15.5. The van der Waals surface area contributed by atoms with Gasteiger partial charge in [-0.2, -0.15) is 5.10 Å². The van der Waals surface area contributed by atoms with E-state index in [0.717, 1.165) is 38.0 Å². The molecule has 1 aliphatic heterocycles. The third kappa shape index (κ3) is 3.55. The van der Waals surface area contributed by atoms with E-state index in [1.165, 1.54) is 16.9 Å². The van der Waals surface area contributed by atoms with Crippen LogP contribution in [0.5, 0.6) is 0 Å². The van der Waals surface area contributed by atoms with Gasteiger partial charge in [0.15, 0.2) is 0 Å². The van der Waals surface area contributed by atoms with E-state index >= 15 is 0 Å². The molecule has 3 heteroatoms. The Labute approximate surface area is 139 Å². The summed E-state index contributed by atoms with van der Waals surface area (Å²) in [7, 11) is 0. The zero-order valence-electron chi connectivity index (χ0n) is 14.1. The second-order valence-electron chi connectivity index (χ2n) is 5.86. The highest BCUT2D eigenvalue weighted by molar-refractivity contribution is 5.81. The number of nitrogens with zero attached hydrogens (tertiary/aromatic N) is 3. The van der Waals surface area contributed by atoms with Gasteiger partial charge in [-0.05, 0) is 56.0 Å². The molecule has 3 nitrogen and oxygen atoms in total. The fraction of sp³-hybridized carbons (Fsp3) is 0.350. The van der Waals surface area contributed by atoms with Crippen molar-refractivity contribution < 1.29 is 0 Å². The molecule has 0 atom stereocenters. The van der Waals surface area contributed by atoms with E-state index in [0.29, 0.717) is 0 Å². The standard InChI is InChI=1S/C20H25N3/c1-3-22(4-2)19-13-11-17(12-14-19)16-21-23-15-7-9-18-8-5-6-10-20(18)23/h5-6,8,10-14,16H,3-4,7,9,15H2,1-2H3/b21-16+. The van der Waals surface area contributed by atoms with Gasteiger partial charge in [-0.1, -0.05) is 30.3 Å². The van der Waals surface area contributed by atoms with Gasteiger partial charge in [-0.25, -0.2) is 0 Å². The Morgan fingerprint density at radius 1 is 1.04 bits per heavy atom. The number of rotatable bonds is 5. The number of hydrogen-bond donors (Lipinski definition) is 0. The van der Waals surface area contributed by atoms with Gasteiger partial charge in [0.1, 0.15) is 0 Å². The molecule has 3 rings (SSSR count). The first-order chi connectivity index (χ1) is 11.3. The van der Waals surface area contributed by atoms with E-state index in [1.807, 2.05) is 6.21 Å². The molecule has 2 aromatic rings. The number of fused-ring (bicyclic) bond motifs is 1. The highest BCUT2D eigenvalue weighted by Crippen LogP contribution is 2.26. The predicted octanol–water partition coefficient (Wildman–Crippen LogP) is 4.32. The third-order valence-corrected chi connectivity index (χ3v) is 4.45. The summed E-state index contributed by atoms with van der Waals surface area (Å²) in [6.45, 7) is 7.44. The van der Waals surface area contributed by atoms with Crippen LogP contribution in [-0.2, 0) is 6.42 Å². The molecule has 1 heterocycles. The topological polar surface area (TPSA) is 18.8 Å². The van der Waals surface area contributed by atoms with Gasteiger partial charge >= 0.3 is 0 Å². The minimum absolute atomic E-state index is 0.991. The average molecular weight is 307 g/mol. The Kier molecular flexibility index (Phi) is 4.96. The molecule has 0 aliphatic carbocycles. The van der Waals surface area contributed by atoms with Crippen LogP contribution in [0.25, 0.3) is 0 Å². The lowest BCUT2D eigenvalue weighted by molar-refractivity contribution is 0.717. The molecule has 0 saturated heterocycles. The van der Waals surface area contributed by atoms with Gasteiger partial charge in [-0.15, -0.1) is 0 Å². The van der Waals surface area contributed by atoms with Crippen molar-refractivity contribution in [3.63, 3.8) is 0 Å². The van der Waals surface area contributed by atoms with E-state index in [2.05, 4.69) is 72.3 Å². The lowest BCUT2D eigenvalue weighted by Gasteiger charge is -2.26. The molecule has 2 aromatic carbocycles. The van der Waals surface area contributed by atoms with Crippen molar-refractivity contribution in [1.82, 2.24) is 0 Å². The lowest BCUT2D eigenvalue weighted by atomic mass is 10.0. The molecule has 0 saturated carbocycles. The van der Waals surface area contributed by atoms with Crippen LogP contribution in [0, 0.1) is 0 Å². The maximum atomic E-state index is 4.70. The van der Waals surface area contributed by atoms with Gasteiger partial charge in [0, 0.05) is 25.3 Å². The molecule has 0 amide bonds. The number of para-hydroxylation sites is 1. The summed E-state index contributed by atoms with van der Waals surface area (Å²) in [5, 5.41) is 6.83. The van der Waals surface area contributed by atoms with Crippen molar-refractivity contribution >= 4 is 17.6 Å². The van der Waals surface area contributed by atoms with Crippen LogP contribution >= 0.6 is 0 Å². The van der Waals surface area contributed by atoms with Crippen LogP contribution in [0.2, 0.25) is 0 Å². The van der Waals surface area contributed by atoms with Crippen molar-refractivity contribution in [3.05, 3.63) is 59.7 Å². The van der Waals surface area contributed by atoms with Gasteiger partial charge in [0.25, 0.3) is 0 Å². The fourth-order valence-electron chi connectivity index (χ4n) is 3.13. The monoisotopic (exact) mass is 307 g/mol. The quantitative estimate of drug-likeness (QED) is 0.766. The molecule has 0 unspecified atom stereocenters. The largest absolute Gasteiger partial charge is 0.372 e. The smallest absolute Gasteiger partial charge is 0.0625 e. The zero-order valence-corrected chi connectivity index (χ0v) is 14.1. The summed E-state index contributed by atoms with van der Waals surface area (Å²) < 4.78 is 0. The first-order valence-electron chi connectivity index (χ1n) is 8.56. The van der Waals surface area contributed by atoms with Crippen molar-refractivity contribution in [3.8, 4) is 0 Å². The van der Waals surface area contributed by atoms with Gasteiger partial charge in [0.05, 0.1) is 11.9 Å². The Bertz CT molecular complexity index is 657. The number of hydrogen-bond acceptors (Lipinski definition) is 3. The number of hydrazone groups is 1. The normalized spacial score (nSPS) is 14.1. The van der Waals surface area contributed by atoms with Crippen LogP contribution in [0.3, 0.4) is 0 Å². The van der Waals surface area contributed by atoms with E-state index in [9.17, 15) is 0 Å². The van der Waals surface area contributed by atoms with Crippen molar-refractivity contribution in [2.24, 2.45) is 5.10 Å². The van der Waals surface area contributed by atoms with Crippen molar-refractivity contribution in [2.45, 2.75) is 26.7 Å². The maximum Gasteiger partial charge on any atom is 0.0625 e. The summed E-state index contributed by atoms with van der Waals surface area (Å²) in [4.78, 5) is 2.35. The SMILES string of the molecule is CCN(CC)c1ccc(/C=N/N2CCCc3ccccc32)cc1. The lowest BCUT2D eigenvalue weighted by Crippen LogP contribution is -2.24. The Morgan fingerprint density at radius 2 is 1.78 bits per heavy atom. The second-order valence-corrected chi connectivity index (χ2v) is 5.86. The molecular formula is C20H25N3. The van der Waals surface area contributed by atoms with Crippen molar-refractivity contribution in [1.29, 1.82) is 0 Å². The molecule has 0 aromatic heterocycles. The van der Waals surface area contributed by atoms with Crippen LogP contribution < -0.4 is 9.91 Å². The number of aryl methyl sites for hydroxylation is 1. The van der Waals surface area contributed by atoms with E-state index in [-0.39, 0.29) is 0 Å². The van der Waals surface area contributed by atoms with Crippen LogP contribution in [0.4, 0.5) is 11.4 Å². The minimum atomic E-state index is 0.991. The van der Waals surface area contributed by atoms with Gasteiger partial charge in [-0.3, -0.25) is 5.01 Å². The Balaban J connectivity index is 1.74. The number of anilines is 2. The zero-order chi connectivity index (χ0) is 16.1. The highest BCUT2D eigenvalue weighted by Gasteiger charge is 2.14.